The van der Waals surface area contributed by atoms with Crippen LogP contribution in [0.5, 0.6) is 0 Å². The van der Waals surface area contributed by atoms with Gasteiger partial charge >= 0.3 is 6.03 Å². The highest BCUT2D eigenvalue weighted by Crippen LogP contribution is 2.29. The normalized spacial score (nSPS) is 15.2. The lowest BCUT2D eigenvalue weighted by molar-refractivity contribution is 0.225. The molecule has 92 valence electrons. The number of carbonyl (C=O) groups excluding carboxylic acids is 1. The van der Waals surface area contributed by atoms with Gasteiger partial charge in [-0.1, -0.05) is 23.2 Å². The lowest BCUT2D eigenvalue weighted by Crippen LogP contribution is -2.33. The fourth-order valence-electron chi connectivity index (χ4n) is 1.68. The minimum absolute atomic E-state index is 0.0426. The fourth-order valence-corrected chi connectivity index (χ4v) is 1.97. The molecule has 5 nitrogen and oxygen atoms in total. The van der Waals surface area contributed by atoms with E-state index in [-0.39, 0.29) is 18.9 Å². The summed E-state index contributed by atoms with van der Waals surface area (Å²) in [6, 6.07) is 6.17. The van der Waals surface area contributed by atoms with E-state index in [0.717, 1.165) is 0 Å². The summed E-state index contributed by atoms with van der Waals surface area (Å²) in [5, 5.41) is 17.1. The highest BCUT2D eigenvalue weighted by atomic mass is 35.5. The Morgan fingerprint density at radius 3 is 2.72 bits per heavy atom. The molecule has 0 bridgehead atoms. The summed E-state index contributed by atoms with van der Waals surface area (Å²) < 4.78 is 0. The Morgan fingerprint density at radius 1 is 1.39 bits per heavy atom. The maximum Gasteiger partial charge on any atom is 0.331 e. The van der Waals surface area contributed by atoms with Gasteiger partial charge < -0.3 is 4.90 Å². The van der Waals surface area contributed by atoms with Gasteiger partial charge in [0.05, 0.1) is 28.3 Å². The van der Waals surface area contributed by atoms with Crippen molar-refractivity contribution in [1.82, 2.24) is 4.90 Å². The molecule has 0 spiro atoms. The molecule has 1 heterocycles. The van der Waals surface area contributed by atoms with Crippen molar-refractivity contribution in [2.75, 3.05) is 18.0 Å². The molecule has 7 heteroatoms. The molecule has 0 aliphatic carbocycles. The molecule has 18 heavy (non-hydrogen) atoms. The van der Waals surface area contributed by atoms with Crippen molar-refractivity contribution in [3.8, 4) is 6.07 Å². The molecule has 1 N–H and O–H groups in total. The third-order valence-corrected chi connectivity index (χ3v) is 3.23. The summed E-state index contributed by atoms with van der Waals surface area (Å²) in [7, 11) is 0. The van der Waals surface area contributed by atoms with E-state index in [0.29, 0.717) is 15.7 Å². The average molecular weight is 283 g/mol. The van der Waals surface area contributed by atoms with Crippen LogP contribution >= 0.6 is 23.2 Å². The molecule has 0 aromatic heterocycles. The first-order chi connectivity index (χ1) is 8.54. The first-order valence-corrected chi connectivity index (χ1v) is 5.78. The van der Waals surface area contributed by atoms with E-state index < -0.39 is 6.03 Å². The molecule has 0 unspecified atom stereocenters. The van der Waals surface area contributed by atoms with Gasteiger partial charge in [-0.3, -0.25) is 5.41 Å². The minimum atomic E-state index is -0.403. The van der Waals surface area contributed by atoms with Crippen molar-refractivity contribution in [3.63, 3.8) is 0 Å². The van der Waals surface area contributed by atoms with Crippen molar-refractivity contribution < 1.29 is 4.79 Å². The Kier molecular flexibility index (Phi) is 3.41. The molecule has 1 aliphatic heterocycles. The van der Waals surface area contributed by atoms with Crippen LogP contribution in [0.2, 0.25) is 10.0 Å². The summed E-state index contributed by atoms with van der Waals surface area (Å²) in [5.41, 5.74) is 0.472. The van der Waals surface area contributed by atoms with Gasteiger partial charge in [0, 0.05) is 0 Å². The molecule has 2 rings (SSSR count). The molecule has 1 saturated heterocycles. The maximum absolute atomic E-state index is 12.0. The number of nitriles is 1. The van der Waals surface area contributed by atoms with Gasteiger partial charge in [0.2, 0.25) is 0 Å². The van der Waals surface area contributed by atoms with Gasteiger partial charge in [-0.15, -0.1) is 0 Å². The Bertz CT molecular complexity index is 567. The number of benzene rings is 1. The van der Waals surface area contributed by atoms with Crippen molar-refractivity contribution >= 4 is 40.8 Å². The lowest BCUT2D eigenvalue weighted by Gasteiger charge is -2.16. The van der Waals surface area contributed by atoms with Gasteiger partial charge in [0.25, 0.3) is 0 Å². The summed E-state index contributed by atoms with van der Waals surface area (Å²) in [4.78, 5) is 14.5. The largest absolute Gasteiger partial charge is 0.331 e. The molecular formula is C11H8Cl2N4O. The molecular weight excluding hydrogens is 275 g/mol. The number of nitrogens with one attached hydrogen (secondary N) is 1. The van der Waals surface area contributed by atoms with E-state index in [2.05, 4.69) is 0 Å². The number of hydrogen-bond acceptors (Lipinski definition) is 3. The van der Waals surface area contributed by atoms with Gasteiger partial charge in [-0.05, 0) is 18.2 Å². The quantitative estimate of drug-likeness (QED) is 0.848. The number of rotatable bonds is 2. The second kappa shape index (κ2) is 4.84. The number of nitrogens with zero attached hydrogens (tertiary/aromatic N) is 3. The number of urea groups is 1. The van der Waals surface area contributed by atoms with Crippen LogP contribution in [0.4, 0.5) is 10.5 Å². The van der Waals surface area contributed by atoms with Crippen LogP contribution in [0.15, 0.2) is 18.2 Å². The van der Waals surface area contributed by atoms with Crippen molar-refractivity contribution in [2.45, 2.75) is 0 Å². The van der Waals surface area contributed by atoms with Gasteiger partial charge in [0.1, 0.15) is 12.4 Å². The second-order valence-electron chi connectivity index (χ2n) is 3.68. The Labute approximate surface area is 114 Å². The number of amides is 2. The first kappa shape index (κ1) is 12.7. The predicted octanol–water partition coefficient (Wildman–Crippen LogP) is 2.74. The zero-order chi connectivity index (χ0) is 13.3. The first-order valence-electron chi connectivity index (χ1n) is 5.03. The number of carbonyl (C=O) groups is 1. The number of hydrogen-bond donors (Lipinski definition) is 1. The van der Waals surface area contributed by atoms with Crippen LogP contribution in [-0.4, -0.2) is 29.9 Å². The molecule has 0 radical (unpaired) electrons. The third kappa shape index (κ3) is 2.13. The van der Waals surface area contributed by atoms with Gasteiger partial charge in [-0.2, -0.15) is 5.26 Å². The number of amidine groups is 1. The van der Waals surface area contributed by atoms with E-state index in [1.807, 2.05) is 6.07 Å². The number of anilines is 1. The topological polar surface area (TPSA) is 71.2 Å². The summed E-state index contributed by atoms with van der Waals surface area (Å²) in [5.74, 6) is 0.105. The lowest BCUT2D eigenvalue weighted by atomic mass is 10.3. The van der Waals surface area contributed by atoms with Crippen LogP contribution in [-0.2, 0) is 0 Å². The monoisotopic (exact) mass is 282 g/mol. The van der Waals surface area contributed by atoms with Crippen molar-refractivity contribution in [2.24, 2.45) is 0 Å². The molecule has 0 saturated carbocycles. The average Bonchev–Trinajstić information content (AvgIpc) is 2.59. The predicted molar refractivity (Wildman–Crippen MR) is 69.2 cm³/mol. The Morgan fingerprint density at radius 2 is 2.11 bits per heavy atom. The van der Waals surface area contributed by atoms with Crippen LogP contribution in [0.1, 0.15) is 0 Å². The van der Waals surface area contributed by atoms with E-state index in [4.69, 9.17) is 33.9 Å². The molecule has 1 aromatic rings. The summed E-state index contributed by atoms with van der Waals surface area (Å²) in [6.45, 7) is 0.0751. The van der Waals surface area contributed by atoms with E-state index in [1.54, 1.807) is 12.1 Å². The fraction of sp³-hybridized carbons (Fsp3) is 0.182. The molecule has 0 atom stereocenters. The van der Waals surface area contributed by atoms with E-state index in [9.17, 15) is 4.79 Å². The second-order valence-corrected chi connectivity index (χ2v) is 4.49. The zero-order valence-corrected chi connectivity index (χ0v) is 10.7. The molecule has 1 fully saturated rings. The van der Waals surface area contributed by atoms with Crippen molar-refractivity contribution in [1.29, 1.82) is 10.7 Å². The van der Waals surface area contributed by atoms with Crippen LogP contribution in [0.25, 0.3) is 0 Å². The highest BCUT2D eigenvalue weighted by Gasteiger charge is 2.34. The Hall–Kier alpha value is -1.77. The standard InChI is InChI=1S/C11H8Cl2N4O/c12-8-2-1-7(5-9(8)13)17-10(15)6-16(4-3-14)11(17)18/h1-2,5,15H,4,6H2. The number of halogens is 2. The summed E-state index contributed by atoms with van der Waals surface area (Å²) >= 11 is 11.7. The minimum Gasteiger partial charge on any atom is -0.303 e. The van der Waals surface area contributed by atoms with Crippen molar-refractivity contribution in [3.05, 3.63) is 28.2 Å². The van der Waals surface area contributed by atoms with Crippen LogP contribution < -0.4 is 4.90 Å². The molecule has 1 aromatic carbocycles. The molecule has 1 aliphatic rings. The zero-order valence-electron chi connectivity index (χ0n) is 9.15. The highest BCUT2D eigenvalue weighted by molar-refractivity contribution is 6.42. The van der Waals surface area contributed by atoms with Crippen LogP contribution in [0.3, 0.4) is 0 Å². The summed E-state index contributed by atoms with van der Waals surface area (Å²) in [6.07, 6.45) is 0. The smallest absolute Gasteiger partial charge is 0.303 e. The third-order valence-electron chi connectivity index (χ3n) is 2.50. The molecule has 2 amide bonds. The van der Waals surface area contributed by atoms with Crippen LogP contribution in [0, 0.1) is 16.7 Å². The van der Waals surface area contributed by atoms with Gasteiger partial charge in [-0.25, -0.2) is 9.69 Å². The van der Waals surface area contributed by atoms with E-state index >= 15 is 0 Å². The Balaban J connectivity index is 2.33. The van der Waals surface area contributed by atoms with E-state index in [1.165, 1.54) is 15.9 Å². The SMILES string of the molecule is N#CCN1CC(=N)N(c2ccc(Cl)c(Cl)c2)C1=O. The van der Waals surface area contributed by atoms with Gasteiger partial charge in [0.15, 0.2) is 0 Å². The maximum atomic E-state index is 12.0.